The van der Waals surface area contributed by atoms with Gasteiger partial charge in [0.25, 0.3) is 0 Å². The van der Waals surface area contributed by atoms with E-state index in [9.17, 15) is 0 Å². The van der Waals surface area contributed by atoms with E-state index >= 15 is 0 Å². The van der Waals surface area contributed by atoms with Crippen molar-refractivity contribution in [3.8, 4) is 0 Å². The average Bonchev–Trinajstić information content (AvgIpc) is 2.53. The Hall–Kier alpha value is -0.720. The smallest absolute Gasteiger partial charge is 0.149 e. The highest BCUT2D eigenvalue weighted by Crippen LogP contribution is 2.33. The summed E-state index contributed by atoms with van der Waals surface area (Å²) >= 11 is 3.54. The molecule has 6 heteroatoms. The maximum atomic E-state index is 6.11. The van der Waals surface area contributed by atoms with Gasteiger partial charge in [0.1, 0.15) is 11.6 Å². The molecule has 0 aromatic carbocycles. The molecule has 2 heterocycles. The summed E-state index contributed by atoms with van der Waals surface area (Å²) in [5, 5.41) is 0. The number of rotatable bonds is 1. The topological polar surface area (TPSA) is 58.3 Å². The van der Waals surface area contributed by atoms with Crippen molar-refractivity contribution in [2.45, 2.75) is 38.6 Å². The van der Waals surface area contributed by atoms with Crippen LogP contribution in [-0.4, -0.2) is 53.5 Å². The van der Waals surface area contributed by atoms with E-state index in [1.165, 1.54) is 6.42 Å². The lowest BCUT2D eigenvalue weighted by Crippen LogP contribution is -2.33. The van der Waals surface area contributed by atoms with Crippen LogP contribution in [0, 0.1) is 0 Å². The van der Waals surface area contributed by atoms with Gasteiger partial charge in [-0.25, -0.2) is 9.97 Å². The maximum Gasteiger partial charge on any atom is 0.149 e. The fourth-order valence-electron chi connectivity index (χ4n) is 2.68. The molecule has 1 unspecified atom stereocenters. The molecule has 0 saturated carbocycles. The molecule has 118 valence electrons. The zero-order valence-corrected chi connectivity index (χ0v) is 15.2. The minimum atomic E-state index is -0.0696. The molecular formula is C15H26BrN5. The Morgan fingerprint density at radius 1 is 1.19 bits per heavy atom. The van der Waals surface area contributed by atoms with Crippen molar-refractivity contribution in [2.24, 2.45) is 0 Å². The van der Waals surface area contributed by atoms with Crippen LogP contribution < -0.4 is 5.73 Å². The quantitative estimate of drug-likeness (QED) is 0.838. The monoisotopic (exact) mass is 355 g/mol. The van der Waals surface area contributed by atoms with Crippen molar-refractivity contribution in [1.82, 2.24) is 19.8 Å². The summed E-state index contributed by atoms with van der Waals surface area (Å²) in [6.07, 6.45) is 1.17. The van der Waals surface area contributed by atoms with Gasteiger partial charge in [0.05, 0.1) is 16.2 Å². The first-order valence-corrected chi connectivity index (χ1v) is 8.21. The summed E-state index contributed by atoms with van der Waals surface area (Å²) in [5.74, 6) is 1.36. The van der Waals surface area contributed by atoms with E-state index in [4.69, 9.17) is 10.7 Å². The number of halogens is 1. The van der Waals surface area contributed by atoms with Gasteiger partial charge >= 0.3 is 0 Å². The van der Waals surface area contributed by atoms with Crippen molar-refractivity contribution >= 4 is 21.7 Å². The van der Waals surface area contributed by atoms with Crippen LogP contribution in [0.2, 0.25) is 0 Å². The SMILES string of the molecule is CN1CCCN(C)C(c2nc(N)c(Br)c(C(C)(C)C)n2)C1. The third-order valence-electron chi connectivity index (χ3n) is 3.97. The maximum absolute atomic E-state index is 6.11. The molecule has 0 bridgehead atoms. The normalized spacial score (nSPS) is 22.3. The molecule has 0 radical (unpaired) electrons. The number of anilines is 1. The van der Waals surface area contributed by atoms with Crippen LogP contribution in [0.15, 0.2) is 4.47 Å². The highest BCUT2D eigenvalue weighted by Gasteiger charge is 2.28. The Labute approximate surface area is 136 Å². The van der Waals surface area contributed by atoms with E-state index in [0.717, 1.165) is 35.6 Å². The lowest BCUT2D eigenvalue weighted by molar-refractivity contribution is 0.219. The van der Waals surface area contributed by atoms with Gasteiger partial charge in [-0.1, -0.05) is 20.8 Å². The minimum absolute atomic E-state index is 0.0696. The van der Waals surface area contributed by atoms with Gasteiger partial charge in [0.15, 0.2) is 0 Å². The molecule has 1 aliphatic rings. The number of likely N-dealkylation sites (N-methyl/N-ethyl adjacent to an activating group) is 2. The molecule has 0 amide bonds. The van der Waals surface area contributed by atoms with Crippen LogP contribution in [-0.2, 0) is 5.41 Å². The fraction of sp³-hybridized carbons (Fsp3) is 0.733. The molecule has 0 aliphatic carbocycles. The first kappa shape index (κ1) is 16.6. The number of nitrogens with zero attached hydrogens (tertiary/aromatic N) is 4. The van der Waals surface area contributed by atoms with Crippen molar-refractivity contribution in [3.05, 3.63) is 16.0 Å². The lowest BCUT2D eigenvalue weighted by Gasteiger charge is -2.28. The number of nitrogen functional groups attached to an aromatic ring is 1. The molecule has 1 aliphatic heterocycles. The van der Waals surface area contributed by atoms with Gasteiger partial charge in [-0.05, 0) is 49.5 Å². The van der Waals surface area contributed by atoms with E-state index in [1.54, 1.807) is 0 Å². The number of hydrogen-bond donors (Lipinski definition) is 1. The van der Waals surface area contributed by atoms with Crippen molar-refractivity contribution < 1.29 is 0 Å². The minimum Gasteiger partial charge on any atom is -0.383 e. The first-order valence-electron chi connectivity index (χ1n) is 7.42. The van der Waals surface area contributed by atoms with Crippen LogP contribution in [0.25, 0.3) is 0 Å². The number of aromatic nitrogens is 2. The summed E-state index contributed by atoms with van der Waals surface area (Å²) in [6.45, 7) is 9.53. The van der Waals surface area contributed by atoms with Crippen LogP contribution in [0.3, 0.4) is 0 Å². The van der Waals surface area contributed by atoms with Crippen molar-refractivity contribution in [3.63, 3.8) is 0 Å². The summed E-state index contributed by atoms with van der Waals surface area (Å²) in [4.78, 5) is 14.1. The van der Waals surface area contributed by atoms with Crippen molar-refractivity contribution in [2.75, 3.05) is 39.5 Å². The molecule has 2 N–H and O–H groups in total. The summed E-state index contributed by atoms with van der Waals surface area (Å²) in [5.41, 5.74) is 7.02. The molecule has 21 heavy (non-hydrogen) atoms. The zero-order valence-electron chi connectivity index (χ0n) is 13.6. The molecule has 1 fully saturated rings. The average molecular weight is 356 g/mol. The zero-order chi connectivity index (χ0) is 15.8. The standard InChI is InChI=1S/C15H26BrN5/c1-15(2,3)12-11(16)13(17)19-14(18-12)10-9-20(4)7-6-8-21(10)5/h10H,6-9H2,1-5H3,(H2,17,18,19). The third-order valence-corrected chi connectivity index (χ3v) is 4.75. The second kappa shape index (κ2) is 6.18. The van der Waals surface area contributed by atoms with E-state index in [1.807, 2.05) is 0 Å². The molecule has 1 aromatic heterocycles. The van der Waals surface area contributed by atoms with Crippen LogP contribution >= 0.6 is 15.9 Å². The molecule has 5 nitrogen and oxygen atoms in total. The van der Waals surface area contributed by atoms with Crippen LogP contribution in [0.5, 0.6) is 0 Å². The van der Waals surface area contributed by atoms with Gasteiger partial charge in [-0.15, -0.1) is 0 Å². The van der Waals surface area contributed by atoms with E-state index in [0.29, 0.717) is 5.82 Å². The first-order chi connectivity index (χ1) is 9.70. The second-order valence-corrected chi connectivity index (χ2v) is 7.78. The molecule has 1 aromatic rings. The van der Waals surface area contributed by atoms with Gasteiger partial charge in [-0.3, -0.25) is 4.90 Å². The molecule has 2 rings (SSSR count). The Balaban J connectivity index is 2.45. The molecule has 0 spiro atoms. The highest BCUT2D eigenvalue weighted by molar-refractivity contribution is 9.10. The van der Waals surface area contributed by atoms with E-state index < -0.39 is 0 Å². The van der Waals surface area contributed by atoms with Crippen LogP contribution in [0.1, 0.15) is 44.8 Å². The summed E-state index contributed by atoms with van der Waals surface area (Å²) in [6, 6.07) is 0.189. The molecule has 1 saturated heterocycles. The predicted octanol–water partition coefficient (Wildman–Crippen LogP) is 2.43. The number of hydrogen-bond acceptors (Lipinski definition) is 5. The molecule has 1 atom stereocenters. The second-order valence-electron chi connectivity index (χ2n) is 6.99. The largest absolute Gasteiger partial charge is 0.383 e. The Morgan fingerprint density at radius 2 is 1.86 bits per heavy atom. The summed E-state index contributed by atoms with van der Waals surface area (Å²) < 4.78 is 0.823. The van der Waals surface area contributed by atoms with E-state index in [2.05, 4.69) is 65.6 Å². The Morgan fingerprint density at radius 3 is 2.48 bits per heavy atom. The Kier molecular flexibility index (Phi) is 4.90. The van der Waals surface area contributed by atoms with Gasteiger partial charge in [0, 0.05) is 12.0 Å². The van der Waals surface area contributed by atoms with Gasteiger partial charge in [0.2, 0.25) is 0 Å². The lowest BCUT2D eigenvalue weighted by atomic mass is 9.91. The van der Waals surface area contributed by atoms with Crippen molar-refractivity contribution in [1.29, 1.82) is 0 Å². The predicted molar refractivity (Wildman–Crippen MR) is 90.3 cm³/mol. The summed E-state index contributed by atoms with van der Waals surface area (Å²) in [7, 11) is 4.29. The van der Waals surface area contributed by atoms with Crippen LogP contribution in [0.4, 0.5) is 5.82 Å². The Bertz CT molecular complexity index is 512. The highest BCUT2D eigenvalue weighted by atomic mass is 79.9. The van der Waals surface area contributed by atoms with Gasteiger partial charge < -0.3 is 10.6 Å². The molecular weight excluding hydrogens is 330 g/mol. The third kappa shape index (κ3) is 3.73. The fourth-order valence-corrected chi connectivity index (χ4v) is 3.45. The van der Waals surface area contributed by atoms with Gasteiger partial charge in [-0.2, -0.15) is 0 Å². The van der Waals surface area contributed by atoms with E-state index in [-0.39, 0.29) is 11.5 Å². The number of nitrogens with two attached hydrogens (primary N) is 1.